The lowest BCUT2D eigenvalue weighted by molar-refractivity contribution is 0.599. The normalized spacial score (nSPS) is 11.4. The zero-order chi connectivity index (χ0) is 13.4. The summed E-state index contributed by atoms with van der Waals surface area (Å²) in [6.07, 6.45) is 2.68. The molecule has 1 aromatic carbocycles. The van der Waals surface area contributed by atoms with Gasteiger partial charge in [0, 0.05) is 11.7 Å². The van der Waals surface area contributed by atoms with Crippen LogP contribution in [-0.4, -0.2) is 11.2 Å². The van der Waals surface area contributed by atoms with Gasteiger partial charge in [-0.1, -0.05) is 25.5 Å². The van der Waals surface area contributed by atoms with Gasteiger partial charge in [0.05, 0.1) is 12.5 Å². The van der Waals surface area contributed by atoms with Gasteiger partial charge in [-0.05, 0) is 43.3 Å². The second-order valence-electron chi connectivity index (χ2n) is 4.32. The molecule has 2 N–H and O–H groups in total. The molecule has 96 valence electrons. The Hall–Kier alpha value is -1.60. The molecular formula is C14H19N3S. The van der Waals surface area contributed by atoms with Gasteiger partial charge in [-0.25, -0.2) is 0 Å². The van der Waals surface area contributed by atoms with E-state index in [0.29, 0.717) is 17.6 Å². The average Bonchev–Trinajstić information content (AvgIpc) is 2.32. The van der Waals surface area contributed by atoms with Crippen LogP contribution in [-0.2, 0) is 6.42 Å². The lowest BCUT2D eigenvalue weighted by Crippen LogP contribution is -2.35. The van der Waals surface area contributed by atoms with Crippen molar-refractivity contribution >= 4 is 23.0 Å². The Morgan fingerprint density at radius 2 is 2.06 bits per heavy atom. The molecule has 18 heavy (non-hydrogen) atoms. The summed E-state index contributed by atoms with van der Waals surface area (Å²) in [5, 5.41) is 15.6. The van der Waals surface area contributed by atoms with E-state index in [2.05, 4.69) is 30.6 Å². The van der Waals surface area contributed by atoms with Crippen molar-refractivity contribution in [3.05, 3.63) is 29.8 Å². The molecule has 0 unspecified atom stereocenters. The van der Waals surface area contributed by atoms with Gasteiger partial charge in [0.15, 0.2) is 5.11 Å². The Balaban J connectivity index is 2.47. The smallest absolute Gasteiger partial charge is 0.170 e. The lowest BCUT2D eigenvalue weighted by atomic mass is 10.1. The van der Waals surface area contributed by atoms with Crippen molar-refractivity contribution < 1.29 is 0 Å². The highest BCUT2D eigenvalue weighted by Gasteiger charge is 2.03. The third kappa shape index (κ3) is 5.15. The van der Waals surface area contributed by atoms with Crippen molar-refractivity contribution in [2.45, 2.75) is 39.2 Å². The number of anilines is 1. The highest BCUT2D eigenvalue weighted by molar-refractivity contribution is 7.80. The van der Waals surface area contributed by atoms with Crippen LogP contribution in [0.2, 0.25) is 0 Å². The summed E-state index contributed by atoms with van der Waals surface area (Å²) in [4.78, 5) is 0. The molecule has 0 radical (unpaired) electrons. The summed E-state index contributed by atoms with van der Waals surface area (Å²) in [5.41, 5.74) is 1.96. The highest BCUT2D eigenvalue weighted by atomic mass is 32.1. The van der Waals surface area contributed by atoms with Crippen LogP contribution in [0.15, 0.2) is 24.3 Å². The van der Waals surface area contributed by atoms with Crippen molar-refractivity contribution in [3.8, 4) is 6.07 Å². The summed E-state index contributed by atoms with van der Waals surface area (Å²) in [7, 11) is 0. The van der Waals surface area contributed by atoms with E-state index in [0.717, 1.165) is 24.1 Å². The second kappa shape index (κ2) is 7.67. The maximum Gasteiger partial charge on any atom is 0.170 e. The molecule has 0 aliphatic carbocycles. The van der Waals surface area contributed by atoms with Gasteiger partial charge in [-0.15, -0.1) is 0 Å². The predicted octanol–water partition coefficient (Wildman–Crippen LogP) is 3.23. The molecule has 1 atom stereocenters. The Labute approximate surface area is 114 Å². The third-order valence-corrected chi connectivity index (χ3v) is 2.81. The van der Waals surface area contributed by atoms with Crippen molar-refractivity contribution in [1.82, 2.24) is 5.32 Å². The molecule has 1 rings (SSSR count). The number of hydrogen-bond donors (Lipinski definition) is 2. The molecule has 0 fully saturated rings. The van der Waals surface area contributed by atoms with E-state index in [9.17, 15) is 0 Å². The number of nitrogens with one attached hydrogen (secondary N) is 2. The fraction of sp³-hybridized carbons (Fsp3) is 0.429. The number of nitriles is 1. The molecule has 0 aliphatic rings. The number of hydrogen-bond acceptors (Lipinski definition) is 2. The first-order valence-corrected chi connectivity index (χ1v) is 6.60. The quantitative estimate of drug-likeness (QED) is 0.799. The van der Waals surface area contributed by atoms with Crippen LogP contribution in [0.25, 0.3) is 0 Å². The molecule has 0 spiro atoms. The standard InChI is InChI=1S/C14H19N3S/c1-3-4-11(2)16-14(18)17-13-7-5-12(6-8-13)9-10-15/h5-8,11H,3-4,9H2,1-2H3,(H2,16,17,18)/t11-/m1/s1. The molecular weight excluding hydrogens is 242 g/mol. The SMILES string of the molecule is CCC[C@@H](C)NC(=S)Nc1ccc(CC#N)cc1. The van der Waals surface area contributed by atoms with Crippen molar-refractivity contribution in [2.24, 2.45) is 0 Å². The second-order valence-corrected chi connectivity index (χ2v) is 4.73. The zero-order valence-electron chi connectivity index (χ0n) is 10.9. The monoisotopic (exact) mass is 261 g/mol. The van der Waals surface area contributed by atoms with Gasteiger partial charge in [-0.3, -0.25) is 0 Å². The minimum absolute atomic E-state index is 0.382. The maximum absolute atomic E-state index is 8.59. The molecule has 4 heteroatoms. The summed E-state index contributed by atoms with van der Waals surface area (Å²) in [6.45, 7) is 4.27. The minimum atomic E-state index is 0.382. The number of thiocarbonyl (C=S) groups is 1. The summed E-state index contributed by atoms with van der Waals surface area (Å²) in [5.74, 6) is 0. The van der Waals surface area contributed by atoms with E-state index in [-0.39, 0.29) is 0 Å². The van der Waals surface area contributed by atoms with Crippen molar-refractivity contribution in [3.63, 3.8) is 0 Å². The van der Waals surface area contributed by atoms with E-state index >= 15 is 0 Å². The van der Waals surface area contributed by atoms with E-state index < -0.39 is 0 Å². The topological polar surface area (TPSA) is 47.8 Å². The van der Waals surface area contributed by atoms with Crippen molar-refractivity contribution in [2.75, 3.05) is 5.32 Å². The fourth-order valence-corrected chi connectivity index (χ4v) is 2.01. The maximum atomic E-state index is 8.59. The van der Waals surface area contributed by atoms with Crippen LogP contribution < -0.4 is 10.6 Å². The Kier molecular flexibility index (Phi) is 6.16. The zero-order valence-corrected chi connectivity index (χ0v) is 11.7. The van der Waals surface area contributed by atoms with Crippen LogP contribution in [0.1, 0.15) is 32.3 Å². The molecule has 3 nitrogen and oxygen atoms in total. The molecule has 0 saturated heterocycles. The fourth-order valence-electron chi connectivity index (χ4n) is 1.69. The summed E-state index contributed by atoms with van der Waals surface area (Å²) < 4.78 is 0. The summed E-state index contributed by atoms with van der Waals surface area (Å²) >= 11 is 5.24. The van der Waals surface area contributed by atoms with Crippen LogP contribution in [0.4, 0.5) is 5.69 Å². The highest BCUT2D eigenvalue weighted by Crippen LogP contribution is 2.10. The number of rotatable bonds is 5. The molecule has 0 amide bonds. The van der Waals surface area contributed by atoms with E-state index in [1.165, 1.54) is 0 Å². The first-order chi connectivity index (χ1) is 8.65. The van der Waals surface area contributed by atoms with Gasteiger partial charge >= 0.3 is 0 Å². The lowest BCUT2D eigenvalue weighted by Gasteiger charge is -2.16. The van der Waals surface area contributed by atoms with Crippen molar-refractivity contribution in [1.29, 1.82) is 5.26 Å². The van der Waals surface area contributed by atoms with Gasteiger partial charge in [0.25, 0.3) is 0 Å². The van der Waals surface area contributed by atoms with Gasteiger partial charge < -0.3 is 10.6 Å². The molecule has 0 aromatic heterocycles. The molecule has 1 aromatic rings. The number of benzene rings is 1. The first-order valence-electron chi connectivity index (χ1n) is 6.19. The van der Waals surface area contributed by atoms with Gasteiger partial charge in [0.1, 0.15) is 0 Å². The van der Waals surface area contributed by atoms with E-state index in [1.807, 2.05) is 24.3 Å². The Morgan fingerprint density at radius 1 is 1.39 bits per heavy atom. The first kappa shape index (κ1) is 14.5. The minimum Gasteiger partial charge on any atom is -0.360 e. The van der Waals surface area contributed by atoms with Gasteiger partial charge in [0.2, 0.25) is 0 Å². The predicted molar refractivity (Wildman–Crippen MR) is 79.5 cm³/mol. The van der Waals surface area contributed by atoms with Crippen LogP contribution in [0.5, 0.6) is 0 Å². The van der Waals surface area contributed by atoms with Crippen LogP contribution >= 0.6 is 12.2 Å². The molecule has 0 saturated carbocycles. The van der Waals surface area contributed by atoms with Gasteiger partial charge in [-0.2, -0.15) is 5.26 Å². The average molecular weight is 261 g/mol. The Morgan fingerprint density at radius 3 is 2.61 bits per heavy atom. The van der Waals surface area contributed by atoms with Crippen LogP contribution in [0, 0.1) is 11.3 Å². The molecule has 0 aliphatic heterocycles. The molecule has 0 bridgehead atoms. The van der Waals surface area contributed by atoms with E-state index in [4.69, 9.17) is 17.5 Å². The van der Waals surface area contributed by atoms with Crippen LogP contribution in [0.3, 0.4) is 0 Å². The summed E-state index contributed by atoms with van der Waals surface area (Å²) in [6, 6.07) is 10.2. The molecule has 0 heterocycles. The third-order valence-electron chi connectivity index (χ3n) is 2.59. The van der Waals surface area contributed by atoms with E-state index in [1.54, 1.807) is 0 Å². The Bertz CT molecular complexity index is 420. The number of nitrogens with zero attached hydrogens (tertiary/aromatic N) is 1. The largest absolute Gasteiger partial charge is 0.360 e.